The molecule has 9 atom stereocenters. The third-order valence-electron chi connectivity index (χ3n) is 10.9. The van der Waals surface area contributed by atoms with Crippen molar-refractivity contribution < 1.29 is 59.1 Å². The zero-order valence-corrected chi connectivity index (χ0v) is 32.0. The molecular weight excluding hydrogens is 749 g/mol. The molecule has 3 aromatic rings. The molecule has 0 aromatic heterocycles. The van der Waals surface area contributed by atoms with Crippen molar-refractivity contribution in [3.63, 3.8) is 0 Å². The molecule has 3 amide bonds. The maximum absolute atomic E-state index is 14.9. The Kier molecular flexibility index (Phi) is 11.8. The summed E-state index contributed by atoms with van der Waals surface area (Å²) < 4.78 is 11.8. The molecule has 0 bridgehead atoms. The highest BCUT2D eigenvalue weighted by Crippen LogP contribution is 2.60. The summed E-state index contributed by atoms with van der Waals surface area (Å²) in [5.41, 5.74) is -0.734. The number of carbonyl (C=O) groups is 3. The van der Waals surface area contributed by atoms with Crippen LogP contribution in [-0.4, -0.2) is 116 Å². The molecule has 3 aromatic carbocycles. The van der Waals surface area contributed by atoms with Crippen LogP contribution in [-0.2, 0) is 42.5 Å². The van der Waals surface area contributed by atoms with E-state index < -0.39 is 78.9 Å². The van der Waals surface area contributed by atoms with E-state index in [0.717, 1.165) is 5.56 Å². The Bertz CT molecular complexity index is 1960. The number of aliphatic hydroxyl groups excluding tert-OH is 5. The monoisotopic (exact) mass is 794 g/mol. The first-order valence-corrected chi connectivity index (χ1v) is 21.2. The van der Waals surface area contributed by atoms with Gasteiger partial charge in [-0.3, -0.25) is 24.5 Å². The van der Waals surface area contributed by atoms with Crippen LogP contribution in [0.25, 0.3) is 0 Å². The van der Waals surface area contributed by atoms with E-state index in [2.05, 4.69) is 5.32 Å². The second-order valence-corrected chi connectivity index (χ2v) is 19.0. The lowest BCUT2D eigenvalue weighted by atomic mass is 9.82. The summed E-state index contributed by atoms with van der Waals surface area (Å²) in [5, 5.41) is 64.4. The van der Waals surface area contributed by atoms with Gasteiger partial charge in [0.15, 0.2) is 26.3 Å². The minimum absolute atomic E-state index is 0.0360. The van der Waals surface area contributed by atoms with E-state index in [9.17, 15) is 54.8 Å². The SMILES string of the molecule is C[C@@H]1[C@@H]([Si](C)(C)O)[C@H](CC(=O)N(CCO)Cc2ccccc2)O[C@@]12C(=O)N(Cc1cccc(NC(=O)[C@H]3O[C@@H](O)[C@H](O)[C@@H](O)[C@@H]3O)c1)c1ccc([N+](=O)[O-])cc12. The zero-order chi connectivity index (χ0) is 40.7. The number of fused-ring (bicyclic) bond motifs is 2. The molecule has 0 aliphatic carbocycles. The number of anilines is 2. The number of amides is 3. The van der Waals surface area contributed by atoms with Gasteiger partial charge in [-0.2, -0.15) is 0 Å². The molecule has 7 N–H and O–H groups in total. The third-order valence-corrected chi connectivity index (χ3v) is 13.4. The van der Waals surface area contributed by atoms with Crippen molar-refractivity contribution in [1.29, 1.82) is 0 Å². The largest absolute Gasteiger partial charge is 0.432 e. The number of nitro groups is 1. The Hall–Kier alpha value is -4.63. The maximum atomic E-state index is 14.9. The number of hydrogen-bond donors (Lipinski definition) is 7. The number of hydrogen-bond acceptors (Lipinski definition) is 13. The second-order valence-electron chi connectivity index (χ2n) is 15.0. The van der Waals surface area contributed by atoms with E-state index in [1.807, 2.05) is 30.3 Å². The number of non-ortho nitro benzene ring substituents is 1. The highest BCUT2D eigenvalue weighted by molar-refractivity contribution is 6.71. The van der Waals surface area contributed by atoms with Crippen LogP contribution in [0.5, 0.6) is 0 Å². The molecule has 56 heavy (non-hydrogen) atoms. The van der Waals surface area contributed by atoms with Crippen LogP contribution in [0.15, 0.2) is 72.8 Å². The molecule has 1 spiro atoms. The summed E-state index contributed by atoms with van der Waals surface area (Å²) in [6.07, 6.45) is -10.4. The molecule has 17 nitrogen and oxygen atoms in total. The quantitative estimate of drug-likeness (QED) is 0.0772. The van der Waals surface area contributed by atoms with E-state index in [0.29, 0.717) is 11.3 Å². The molecule has 2 fully saturated rings. The summed E-state index contributed by atoms with van der Waals surface area (Å²) >= 11 is 0. The number of ether oxygens (including phenoxy) is 2. The van der Waals surface area contributed by atoms with Crippen molar-refractivity contribution in [1.82, 2.24) is 4.90 Å². The van der Waals surface area contributed by atoms with Crippen LogP contribution >= 0.6 is 0 Å². The number of aliphatic hydroxyl groups is 5. The maximum Gasteiger partial charge on any atom is 0.269 e. The predicted molar refractivity (Wildman–Crippen MR) is 201 cm³/mol. The predicted octanol–water partition coefficient (Wildman–Crippen LogP) is 1.09. The minimum atomic E-state index is -3.24. The summed E-state index contributed by atoms with van der Waals surface area (Å²) in [4.78, 5) is 67.9. The molecule has 2 saturated heterocycles. The van der Waals surface area contributed by atoms with Crippen molar-refractivity contribution in [2.24, 2.45) is 5.92 Å². The second kappa shape index (κ2) is 16.1. The first kappa shape index (κ1) is 41.0. The number of nitrogens with zero attached hydrogens (tertiary/aromatic N) is 3. The minimum Gasteiger partial charge on any atom is -0.432 e. The Morgan fingerprint density at radius 3 is 2.34 bits per heavy atom. The van der Waals surface area contributed by atoms with Gasteiger partial charge in [0, 0.05) is 47.9 Å². The van der Waals surface area contributed by atoms with Gasteiger partial charge >= 0.3 is 0 Å². The normalized spacial score (nSPS) is 28.7. The van der Waals surface area contributed by atoms with Crippen LogP contribution in [0.2, 0.25) is 18.6 Å². The van der Waals surface area contributed by atoms with Gasteiger partial charge in [-0.15, -0.1) is 0 Å². The highest BCUT2D eigenvalue weighted by Gasteiger charge is 2.66. The van der Waals surface area contributed by atoms with Crippen LogP contribution in [0.1, 0.15) is 30.0 Å². The molecule has 6 rings (SSSR count). The van der Waals surface area contributed by atoms with Gasteiger partial charge in [-0.1, -0.05) is 49.4 Å². The van der Waals surface area contributed by atoms with Crippen LogP contribution in [0.4, 0.5) is 17.1 Å². The third kappa shape index (κ3) is 7.71. The van der Waals surface area contributed by atoms with Gasteiger partial charge in [0.1, 0.15) is 18.3 Å². The fourth-order valence-electron chi connectivity index (χ4n) is 8.27. The van der Waals surface area contributed by atoms with E-state index in [1.54, 1.807) is 32.2 Å². The van der Waals surface area contributed by atoms with Crippen molar-refractivity contribution in [2.75, 3.05) is 23.4 Å². The first-order chi connectivity index (χ1) is 26.5. The van der Waals surface area contributed by atoms with Gasteiger partial charge in [0.2, 0.25) is 5.91 Å². The Labute approximate surface area is 323 Å². The van der Waals surface area contributed by atoms with Gasteiger partial charge in [0.25, 0.3) is 17.5 Å². The van der Waals surface area contributed by atoms with E-state index in [4.69, 9.17) is 9.47 Å². The van der Waals surface area contributed by atoms with E-state index in [-0.39, 0.29) is 55.5 Å². The smallest absolute Gasteiger partial charge is 0.269 e. The fourth-order valence-corrected chi connectivity index (χ4v) is 10.8. The van der Waals surface area contributed by atoms with Crippen molar-refractivity contribution >= 4 is 43.1 Å². The molecule has 300 valence electrons. The average Bonchev–Trinajstić information content (AvgIpc) is 3.58. The van der Waals surface area contributed by atoms with Gasteiger partial charge in [-0.05, 0) is 42.4 Å². The van der Waals surface area contributed by atoms with E-state index >= 15 is 0 Å². The number of nitrogens with one attached hydrogen (secondary N) is 1. The summed E-state index contributed by atoms with van der Waals surface area (Å²) in [5.74, 6) is -2.61. The first-order valence-electron chi connectivity index (χ1n) is 18.2. The molecule has 0 saturated carbocycles. The van der Waals surface area contributed by atoms with Crippen molar-refractivity contribution in [2.45, 2.75) is 87.5 Å². The molecule has 18 heteroatoms. The zero-order valence-electron chi connectivity index (χ0n) is 31.0. The van der Waals surface area contributed by atoms with Gasteiger partial charge in [-0.25, -0.2) is 0 Å². The standard InChI is InChI=1S/C38H46N4O13Si/c1-21-34(56(2,3)53)28(18-29(44)40(14-15-43)19-22-8-5-4-6-9-22)55-38(21)26-17-25(42(51)52)12-13-27(26)41(37(38)50)20-23-10-7-11-24(16-23)39-35(48)33-31(46)30(45)32(47)36(49)54-33/h4-13,16-17,21,28,30-34,36,43,45-47,49,53H,14-15,18-20H2,1-3H3,(H,39,48)/t21-,28+,30+,31+,32-,33+,34-,36-,38+/m1/s1. The lowest BCUT2D eigenvalue weighted by Gasteiger charge is -2.37. The lowest BCUT2D eigenvalue weighted by molar-refractivity contribution is -0.385. The van der Waals surface area contributed by atoms with Gasteiger partial charge in [0.05, 0.1) is 36.3 Å². The molecule has 3 heterocycles. The fraction of sp³-hybridized carbons (Fsp3) is 0.447. The van der Waals surface area contributed by atoms with E-state index in [1.165, 1.54) is 40.1 Å². The van der Waals surface area contributed by atoms with Crippen molar-refractivity contribution in [3.8, 4) is 0 Å². The van der Waals surface area contributed by atoms with Crippen LogP contribution < -0.4 is 10.2 Å². The highest BCUT2D eigenvalue weighted by atomic mass is 28.4. The lowest BCUT2D eigenvalue weighted by Crippen LogP contribution is -2.60. The average molecular weight is 795 g/mol. The summed E-state index contributed by atoms with van der Waals surface area (Å²) in [6, 6.07) is 19.5. The summed E-state index contributed by atoms with van der Waals surface area (Å²) in [7, 11) is -3.24. The summed E-state index contributed by atoms with van der Waals surface area (Å²) in [6.45, 7) is 4.97. The van der Waals surface area contributed by atoms with Crippen LogP contribution in [0, 0.1) is 16.0 Å². The number of benzene rings is 3. The number of carbonyl (C=O) groups excluding carboxylic acids is 3. The topological polar surface area (TPSA) is 253 Å². The molecule has 0 unspecified atom stereocenters. The molecule has 3 aliphatic rings. The van der Waals surface area contributed by atoms with Crippen molar-refractivity contribution in [3.05, 3.63) is 99.6 Å². The van der Waals surface area contributed by atoms with Crippen LogP contribution in [0.3, 0.4) is 0 Å². The Balaban J connectivity index is 1.31. The van der Waals surface area contributed by atoms with Gasteiger partial charge < -0.3 is 54.9 Å². The number of rotatable bonds is 12. The molecule has 0 radical (unpaired) electrons. The molecule has 3 aliphatic heterocycles. The Morgan fingerprint density at radius 1 is 0.982 bits per heavy atom. The number of nitro benzene ring substituents is 1. The molecular formula is C38H46N4O13Si. The Morgan fingerprint density at radius 2 is 1.68 bits per heavy atom.